The van der Waals surface area contributed by atoms with Gasteiger partial charge in [0.15, 0.2) is 17.3 Å². The number of rotatable bonds is 7. The van der Waals surface area contributed by atoms with Gasteiger partial charge < -0.3 is 9.73 Å². The minimum Gasteiger partial charge on any atom is -0.444 e. The zero-order chi connectivity index (χ0) is 24.4. The van der Waals surface area contributed by atoms with Crippen LogP contribution in [0, 0.1) is 11.6 Å². The lowest BCUT2D eigenvalue weighted by atomic mass is 10.1. The van der Waals surface area contributed by atoms with Crippen molar-refractivity contribution in [2.75, 3.05) is 17.5 Å². The van der Waals surface area contributed by atoms with Crippen LogP contribution in [0.15, 0.2) is 47.1 Å². The summed E-state index contributed by atoms with van der Waals surface area (Å²) in [7, 11) is -3.88. The molecule has 1 amide bonds. The van der Waals surface area contributed by atoms with E-state index in [9.17, 15) is 35.2 Å². The molecule has 0 aliphatic carbocycles. The van der Waals surface area contributed by atoms with E-state index in [1.807, 2.05) is 0 Å². The van der Waals surface area contributed by atoms with Gasteiger partial charge in [-0.2, -0.15) is 13.2 Å². The first-order valence-electron chi connectivity index (χ1n) is 9.20. The van der Waals surface area contributed by atoms with Gasteiger partial charge in [0, 0.05) is 12.1 Å². The number of anilines is 1. The van der Waals surface area contributed by atoms with E-state index in [1.165, 1.54) is 12.1 Å². The minimum absolute atomic E-state index is 0.00291. The number of nitrogens with one attached hydrogen (secondary N) is 2. The fourth-order valence-electron chi connectivity index (χ4n) is 2.80. The van der Waals surface area contributed by atoms with Crippen LogP contribution in [-0.2, 0) is 22.6 Å². The fraction of sp³-hybridized carbons (Fsp3) is 0.200. The van der Waals surface area contributed by atoms with Crippen molar-refractivity contribution in [3.63, 3.8) is 0 Å². The van der Waals surface area contributed by atoms with Crippen molar-refractivity contribution in [3.05, 3.63) is 71.1 Å². The number of alkyl halides is 3. The summed E-state index contributed by atoms with van der Waals surface area (Å²) in [5.41, 5.74) is -1.74. The molecule has 1 aromatic heterocycles. The van der Waals surface area contributed by atoms with E-state index < -0.39 is 45.0 Å². The molecule has 0 unspecified atom stereocenters. The highest BCUT2D eigenvalue weighted by atomic mass is 32.2. The van der Waals surface area contributed by atoms with E-state index in [-0.39, 0.29) is 35.7 Å². The molecule has 0 spiro atoms. The minimum atomic E-state index is -4.55. The molecule has 0 atom stereocenters. The highest BCUT2D eigenvalue weighted by Gasteiger charge is 2.31. The lowest BCUT2D eigenvalue weighted by Gasteiger charge is -2.09. The van der Waals surface area contributed by atoms with E-state index in [2.05, 4.69) is 10.3 Å². The first-order valence-corrected chi connectivity index (χ1v) is 11.1. The molecule has 3 aromatic rings. The standard InChI is InChI=1S/C20H16F5N3O4S/c1-33(30,31)28-17-14(21)7-11(8-15(17)22)5-6-26-18(29)16-10-32-19(27-16)12-3-2-4-13(9-12)20(23,24)25/h2-4,7-10,28H,5-6H2,1H3,(H,26,29). The summed E-state index contributed by atoms with van der Waals surface area (Å²) in [5.74, 6) is -3.15. The van der Waals surface area contributed by atoms with Gasteiger partial charge in [-0.15, -0.1) is 0 Å². The topological polar surface area (TPSA) is 101 Å². The van der Waals surface area contributed by atoms with Gasteiger partial charge in [-0.3, -0.25) is 9.52 Å². The monoisotopic (exact) mass is 489 g/mol. The Morgan fingerprint density at radius 2 is 1.79 bits per heavy atom. The maximum absolute atomic E-state index is 14.0. The van der Waals surface area contributed by atoms with Crippen LogP contribution in [0.4, 0.5) is 27.6 Å². The van der Waals surface area contributed by atoms with Gasteiger partial charge in [-0.05, 0) is 42.3 Å². The quantitative estimate of drug-likeness (QED) is 0.489. The molecule has 0 aliphatic rings. The van der Waals surface area contributed by atoms with Gasteiger partial charge in [-0.1, -0.05) is 6.07 Å². The number of carbonyl (C=O) groups excluding carboxylic acids is 1. The number of nitrogens with zero attached hydrogens (tertiary/aromatic N) is 1. The maximum atomic E-state index is 14.0. The van der Waals surface area contributed by atoms with Crippen LogP contribution < -0.4 is 10.0 Å². The molecule has 3 rings (SSSR count). The second-order valence-electron chi connectivity index (χ2n) is 6.93. The van der Waals surface area contributed by atoms with E-state index in [4.69, 9.17) is 4.42 Å². The molecule has 0 radical (unpaired) electrons. The third-order valence-corrected chi connectivity index (χ3v) is 4.84. The average Bonchev–Trinajstić information content (AvgIpc) is 3.20. The molecule has 13 heteroatoms. The Hall–Kier alpha value is -3.48. The fourth-order valence-corrected chi connectivity index (χ4v) is 3.37. The van der Waals surface area contributed by atoms with E-state index >= 15 is 0 Å². The maximum Gasteiger partial charge on any atom is 0.416 e. The van der Waals surface area contributed by atoms with Crippen molar-refractivity contribution >= 4 is 21.6 Å². The number of halogens is 5. The number of amides is 1. The van der Waals surface area contributed by atoms with Gasteiger partial charge in [0.2, 0.25) is 15.9 Å². The SMILES string of the molecule is CS(=O)(=O)Nc1c(F)cc(CCNC(=O)c2coc(-c3cccc(C(F)(F)F)c3)n2)cc1F. The van der Waals surface area contributed by atoms with Crippen LogP contribution in [0.1, 0.15) is 21.6 Å². The third-order valence-electron chi connectivity index (χ3n) is 4.26. The summed E-state index contributed by atoms with van der Waals surface area (Å²) in [6, 6.07) is 6.08. The molecule has 0 fully saturated rings. The molecule has 0 saturated carbocycles. The summed E-state index contributed by atoms with van der Waals surface area (Å²) in [4.78, 5) is 16.1. The number of oxazole rings is 1. The Bertz CT molecular complexity index is 1270. The average molecular weight is 489 g/mol. The Balaban J connectivity index is 1.63. The van der Waals surface area contributed by atoms with Crippen molar-refractivity contribution in [2.45, 2.75) is 12.6 Å². The predicted molar refractivity (Wildman–Crippen MR) is 108 cm³/mol. The number of benzene rings is 2. The summed E-state index contributed by atoms with van der Waals surface area (Å²) in [6.45, 7) is -0.0671. The second kappa shape index (κ2) is 9.17. The zero-order valence-electron chi connectivity index (χ0n) is 16.8. The van der Waals surface area contributed by atoms with E-state index in [0.29, 0.717) is 0 Å². The van der Waals surface area contributed by atoms with E-state index in [1.54, 1.807) is 4.72 Å². The number of hydrogen-bond donors (Lipinski definition) is 2. The Labute approximate surface area is 184 Å². The molecular formula is C20H16F5N3O4S. The van der Waals surface area contributed by atoms with Crippen molar-refractivity contribution in [3.8, 4) is 11.5 Å². The van der Waals surface area contributed by atoms with Crippen LogP contribution in [-0.4, -0.2) is 32.1 Å². The normalized spacial score (nSPS) is 11.9. The Morgan fingerprint density at radius 1 is 1.12 bits per heavy atom. The molecular weight excluding hydrogens is 473 g/mol. The van der Waals surface area contributed by atoms with Gasteiger partial charge in [0.05, 0.1) is 11.8 Å². The lowest BCUT2D eigenvalue weighted by Crippen LogP contribution is -2.26. The molecule has 2 aromatic carbocycles. The molecule has 176 valence electrons. The van der Waals surface area contributed by atoms with Gasteiger partial charge in [0.25, 0.3) is 5.91 Å². The van der Waals surface area contributed by atoms with Crippen molar-refractivity contribution in [1.29, 1.82) is 0 Å². The molecule has 2 N–H and O–H groups in total. The number of aromatic nitrogens is 1. The highest BCUT2D eigenvalue weighted by molar-refractivity contribution is 7.92. The van der Waals surface area contributed by atoms with Crippen LogP contribution in [0.2, 0.25) is 0 Å². The van der Waals surface area contributed by atoms with Gasteiger partial charge in [0.1, 0.15) is 12.0 Å². The van der Waals surface area contributed by atoms with Crippen LogP contribution in [0.5, 0.6) is 0 Å². The summed E-state index contributed by atoms with van der Waals surface area (Å²) >= 11 is 0. The second-order valence-corrected chi connectivity index (χ2v) is 8.68. The predicted octanol–water partition coefficient (Wildman–Crippen LogP) is 3.98. The van der Waals surface area contributed by atoms with Crippen molar-refractivity contribution in [2.24, 2.45) is 0 Å². The van der Waals surface area contributed by atoms with Gasteiger partial charge in [-0.25, -0.2) is 22.2 Å². The summed E-state index contributed by atoms with van der Waals surface area (Å²) < 4.78 is 95.7. The first-order chi connectivity index (χ1) is 15.3. The number of sulfonamides is 1. The first kappa shape index (κ1) is 24.2. The highest BCUT2D eigenvalue weighted by Crippen LogP contribution is 2.32. The zero-order valence-corrected chi connectivity index (χ0v) is 17.7. The Kier molecular flexibility index (Phi) is 6.72. The molecule has 1 heterocycles. The molecule has 0 bridgehead atoms. The molecule has 7 nitrogen and oxygen atoms in total. The smallest absolute Gasteiger partial charge is 0.416 e. The van der Waals surface area contributed by atoms with Crippen molar-refractivity contribution < 1.29 is 39.6 Å². The van der Waals surface area contributed by atoms with Crippen molar-refractivity contribution in [1.82, 2.24) is 10.3 Å². The number of carbonyl (C=O) groups is 1. The number of hydrogen-bond acceptors (Lipinski definition) is 5. The van der Waals surface area contributed by atoms with Crippen LogP contribution in [0.3, 0.4) is 0 Å². The molecule has 0 aliphatic heterocycles. The largest absolute Gasteiger partial charge is 0.444 e. The summed E-state index contributed by atoms with van der Waals surface area (Å²) in [6.07, 6.45) is -2.84. The van der Waals surface area contributed by atoms with Gasteiger partial charge >= 0.3 is 6.18 Å². The van der Waals surface area contributed by atoms with E-state index in [0.717, 1.165) is 36.8 Å². The molecule has 0 saturated heterocycles. The Morgan fingerprint density at radius 3 is 2.39 bits per heavy atom. The third kappa shape index (κ3) is 6.28. The van der Waals surface area contributed by atoms with Crippen LogP contribution in [0.25, 0.3) is 11.5 Å². The summed E-state index contributed by atoms with van der Waals surface area (Å²) in [5, 5.41) is 2.44. The molecule has 33 heavy (non-hydrogen) atoms. The lowest BCUT2D eigenvalue weighted by molar-refractivity contribution is -0.137. The van der Waals surface area contributed by atoms with Crippen LogP contribution >= 0.6 is 0 Å².